The molecule has 0 unspecified atom stereocenters. The van der Waals surface area contributed by atoms with E-state index in [0.717, 1.165) is 0 Å². The first-order valence-corrected chi connectivity index (χ1v) is 9.04. The summed E-state index contributed by atoms with van der Waals surface area (Å²) in [5, 5.41) is 30.4. The Morgan fingerprint density at radius 3 is 2.54 bits per heavy atom. The minimum atomic E-state index is -1.49. The van der Waals surface area contributed by atoms with Crippen LogP contribution in [0, 0.1) is 0 Å². The standard InChI is InChI=1S/C20H26O8/c1-11-6-4-8-13(21)18(24)14(22)9-5-7-12-17(20(25)28-11)15(23)10-16(26-2)19(12)27-3/h5,7,10-11,14,18,22-24H,4,6,8-9H2,1-3H3/t11-,14-,18+/m0/s1. The second-order valence-electron chi connectivity index (χ2n) is 6.64. The minimum Gasteiger partial charge on any atom is -0.507 e. The topological polar surface area (TPSA) is 123 Å². The number of cyclic esters (lactones) is 1. The third-order valence-electron chi connectivity index (χ3n) is 4.59. The van der Waals surface area contributed by atoms with Gasteiger partial charge in [-0.3, -0.25) is 4.79 Å². The summed E-state index contributed by atoms with van der Waals surface area (Å²) < 4.78 is 15.9. The molecule has 154 valence electrons. The third kappa shape index (κ3) is 4.82. The maximum atomic E-state index is 12.7. The summed E-state index contributed by atoms with van der Waals surface area (Å²) in [5.74, 6) is -1.13. The van der Waals surface area contributed by atoms with Crippen molar-refractivity contribution < 1.29 is 39.1 Å². The van der Waals surface area contributed by atoms with Gasteiger partial charge in [0.2, 0.25) is 0 Å². The monoisotopic (exact) mass is 394 g/mol. The average Bonchev–Trinajstić information content (AvgIpc) is 2.65. The molecule has 1 aliphatic heterocycles. The summed E-state index contributed by atoms with van der Waals surface area (Å²) >= 11 is 0. The van der Waals surface area contributed by atoms with E-state index in [0.29, 0.717) is 12.8 Å². The molecule has 3 atom stereocenters. The first kappa shape index (κ1) is 21.7. The second-order valence-corrected chi connectivity index (χ2v) is 6.64. The first-order chi connectivity index (χ1) is 13.3. The molecule has 1 aromatic carbocycles. The Kier molecular flexibility index (Phi) is 7.42. The van der Waals surface area contributed by atoms with Gasteiger partial charge in [-0.2, -0.15) is 0 Å². The van der Waals surface area contributed by atoms with Crippen molar-refractivity contribution in [2.24, 2.45) is 0 Å². The average molecular weight is 394 g/mol. The molecule has 8 nitrogen and oxygen atoms in total. The van der Waals surface area contributed by atoms with Crippen LogP contribution < -0.4 is 9.47 Å². The number of carbonyl (C=O) groups excluding carboxylic acids is 2. The third-order valence-corrected chi connectivity index (χ3v) is 4.59. The number of ether oxygens (including phenoxy) is 3. The van der Waals surface area contributed by atoms with Crippen molar-refractivity contribution >= 4 is 17.8 Å². The molecular weight excluding hydrogens is 368 g/mol. The maximum Gasteiger partial charge on any atom is 0.342 e. The van der Waals surface area contributed by atoms with Crippen LogP contribution in [0.1, 0.15) is 48.5 Å². The number of fused-ring (bicyclic) bond motifs is 1. The summed E-state index contributed by atoms with van der Waals surface area (Å²) in [6.45, 7) is 1.67. The minimum absolute atomic E-state index is 0.0427. The van der Waals surface area contributed by atoms with Crippen molar-refractivity contribution in [3.05, 3.63) is 23.3 Å². The van der Waals surface area contributed by atoms with Crippen LogP contribution >= 0.6 is 0 Å². The fraction of sp³-hybridized carbons (Fsp3) is 0.500. The highest BCUT2D eigenvalue weighted by atomic mass is 16.5. The summed E-state index contributed by atoms with van der Waals surface area (Å²) in [5.41, 5.74) is 0.116. The van der Waals surface area contributed by atoms with E-state index in [2.05, 4.69) is 0 Å². The van der Waals surface area contributed by atoms with Crippen molar-refractivity contribution in [1.82, 2.24) is 0 Å². The van der Waals surface area contributed by atoms with Crippen molar-refractivity contribution in [3.8, 4) is 17.2 Å². The molecular formula is C20H26O8. The number of phenolic OH excluding ortho intramolecular Hbond substituents is 1. The van der Waals surface area contributed by atoms with Crippen LogP contribution in [0.3, 0.4) is 0 Å². The molecule has 0 spiro atoms. The van der Waals surface area contributed by atoms with Gasteiger partial charge in [-0.05, 0) is 26.2 Å². The van der Waals surface area contributed by atoms with Gasteiger partial charge in [-0.1, -0.05) is 12.2 Å². The van der Waals surface area contributed by atoms with Gasteiger partial charge in [-0.25, -0.2) is 4.79 Å². The molecule has 0 amide bonds. The van der Waals surface area contributed by atoms with Crippen molar-refractivity contribution in [2.75, 3.05) is 14.2 Å². The number of aliphatic hydroxyl groups is 2. The van der Waals surface area contributed by atoms with E-state index in [1.165, 1.54) is 32.4 Å². The molecule has 0 bridgehead atoms. The van der Waals surface area contributed by atoms with Crippen LogP contribution in [0.15, 0.2) is 12.1 Å². The molecule has 1 aliphatic rings. The highest BCUT2D eigenvalue weighted by Gasteiger charge is 2.27. The Morgan fingerprint density at radius 2 is 1.89 bits per heavy atom. The van der Waals surface area contributed by atoms with Gasteiger partial charge >= 0.3 is 5.97 Å². The van der Waals surface area contributed by atoms with E-state index in [-0.39, 0.29) is 41.2 Å². The number of aliphatic hydroxyl groups excluding tert-OH is 2. The van der Waals surface area contributed by atoms with Crippen LogP contribution in [-0.2, 0) is 9.53 Å². The van der Waals surface area contributed by atoms with Crippen LogP contribution in [0.25, 0.3) is 6.08 Å². The molecule has 0 aromatic heterocycles. The van der Waals surface area contributed by atoms with Gasteiger partial charge in [0, 0.05) is 18.1 Å². The fourth-order valence-corrected chi connectivity index (χ4v) is 3.06. The number of methoxy groups -OCH3 is 2. The number of ketones is 1. The Bertz CT molecular complexity index is 755. The van der Waals surface area contributed by atoms with E-state index in [1.807, 2.05) is 0 Å². The molecule has 0 aliphatic carbocycles. The summed E-state index contributed by atoms with van der Waals surface area (Å²) in [6.07, 6.45) is 0.426. The lowest BCUT2D eigenvalue weighted by molar-refractivity contribution is -0.132. The Morgan fingerprint density at radius 1 is 1.18 bits per heavy atom. The SMILES string of the molecule is COc1cc(O)c2c(c1OC)C=CC[C@H](O)[C@H](O)C(=O)CCC[C@H](C)OC2=O. The molecule has 0 fully saturated rings. The Labute approximate surface area is 163 Å². The van der Waals surface area contributed by atoms with Gasteiger partial charge in [0.05, 0.1) is 26.4 Å². The number of benzene rings is 1. The van der Waals surface area contributed by atoms with E-state index in [9.17, 15) is 24.9 Å². The number of hydrogen-bond donors (Lipinski definition) is 3. The van der Waals surface area contributed by atoms with E-state index in [1.54, 1.807) is 6.92 Å². The normalized spacial score (nSPS) is 24.1. The molecule has 8 heteroatoms. The van der Waals surface area contributed by atoms with Gasteiger partial charge in [-0.15, -0.1) is 0 Å². The van der Waals surface area contributed by atoms with Crippen molar-refractivity contribution in [3.63, 3.8) is 0 Å². The highest BCUT2D eigenvalue weighted by Crippen LogP contribution is 2.40. The number of rotatable bonds is 2. The highest BCUT2D eigenvalue weighted by molar-refractivity contribution is 5.98. The first-order valence-electron chi connectivity index (χ1n) is 9.04. The molecule has 1 aromatic rings. The lowest BCUT2D eigenvalue weighted by atomic mass is 9.99. The van der Waals surface area contributed by atoms with Gasteiger partial charge in [0.15, 0.2) is 17.3 Å². The lowest BCUT2D eigenvalue weighted by Crippen LogP contribution is -2.33. The van der Waals surface area contributed by atoms with Crippen molar-refractivity contribution in [2.45, 2.75) is 50.9 Å². The van der Waals surface area contributed by atoms with Gasteiger partial charge in [0.1, 0.15) is 17.4 Å². The predicted molar refractivity (Wildman–Crippen MR) is 101 cm³/mol. The quantitative estimate of drug-likeness (QED) is 0.650. The van der Waals surface area contributed by atoms with Crippen LogP contribution in [0.2, 0.25) is 0 Å². The zero-order valence-electron chi connectivity index (χ0n) is 16.2. The lowest BCUT2D eigenvalue weighted by Gasteiger charge is -2.20. The zero-order valence-corrected chi connectivity index (χ0v) is 16.2. The van der Waals surface area contributed by atoms with Gasteiger partial charge < -0.3 is 29.5 Å². The summed E-state index contributed by atoms with van der Waals surface area (Å²) in [7, 11) is 2.78. The van der Waals surface area contributed by atoms with E-state index >= 15 is 0 Å². The Hall–Kier alpha value is -2.58. The summed E-state index contributed by atoms with van der Waals surface area (Å²) in [4.78, 5) is 24.7. The molecule has 0 saturated carbocycles. The second kappa shape index (κ2) is 9.57. The van der Waals surface area contributed by atoms with Gasteiger partial charge in [0.25, 0.3) is 0 Å². The molecule has 1 heterocycles. The molecule has 28 heavy (non-hydrogen) atoms. The van der Waals surface area contributed by atoms with E-state index in [4.69, 9.17) is 14.2 Å². The number of phenols is 1. The number of hydrogen-bond acceptors (Lipinski definition) is 8. The van der Waals surface area contributed by atoms with Crippen LogP contribution in [-0.4, -0.2) is 59.6 Å². The largest absolute Gasteiger partial charge is 0.507 e. The van der Waals surface area contributed by atoms with Crippen molar-refractivity contribution in [1.29, 1.82) is 0 Å². The van der Waals surface area contributed by atoms with E-state index < -0.39 is 30.1 Å². The predicted octanol–water partition coefficient (Wildman–Crippen LogP) is 1.83. The number of Topliss-reactive ketones (excluding diaryl/α,β-unsaturated/α-hetero) is 1. The zero-order chi connectivity index (χ0) is 20.8. The van der Waals surface area contributed by atoms with Crippen LogP contribution in [0.4, 0.5) is 0 Å². The molecule has 3 N–H and O–H groups in total. The smallest absolute Gasteiger partial charge is 0.342 e. The molecule has 0 saturated heterocycles. The number of aromatic hydroxyl groups is 1. The summed E-state index contributed by atoms with van der Waals surface area (Å²) in [6, 6.07) is 1.26. The maximum absolute atomic E-state index is 12.7. The number of esters is 1. The Balaban J connectivity index is 2.55. The number of carbonyl (C=O) groups is 2. The fourth-order valence-electron chi connectivity index (χ4n) is 3.06. The molecule has 2 rings (SSSR count). The van der Waals surface area contributed by atoms with Crippen LogP contribution in [0.5, 0.6) is 17.2 Å². The molecule has 0 radical (unpaired) electrons.